The Morgan fingerprint density at radius 1 is 1.25 bits per heavy atom. The lowest BCUT2D eigenvalue weighted by atomic mass is 10.0. The van der Waals surface area contributed by atoms with Gasteiger partial charge in [0.15, 0.2) is 0 Å². The molecule has 0 bridgehead atoms. The molecule has 0 spiro atoms. The SMILES string of the molecule is CN(C)[C@@H]1CC[C@H](C(=O)O)CN(c2noc(-c3ccccc3)n2)C1. The molecular weight excluding hydrogens is 308 g/mol. The lowest BCUT2D eigenvalue weighted by Gasteiger charge is -2.27. The topological polar surface area (TPSA) is 82.7 Å². The van der Waals surface area contributed by atoms with Crippen LogP contribution in [-0.4, -0.2) is 59.3 Å². The second-order valence-corrected chi connectivity index (χ2v) is 6.40. The molecule has 1 aliphatic rings. The minimum atomic E-state index is -0.772. The number of hydrogen-bond donors (Lipinski definition) is 1. The van der Waals surface area contributed by atoms with Gasteiger partial charge in [-0.1, -0.05) is 18.2 Å². The Bertz CT molecular complexity index is 686. The number of carboxylic acids is 1. The summed E-state index contributed by atoms with van der Waals surface area (Å²) in [6, 6.07) is 9.81. The Morgan fingerprint density at radius 3 is 2.67 bits per heavy atom. The van der Waals surface area contributed by atoms with E-state index in [-0.39, 0.29) is 6.04 Å². The predicted molar refractivity (Wildman–Crippen MR) is 89.8 cm³/mol. The van der Waals surface area contributed by atoms with Crippen LogP contribution < -0.4 is 4.90 Å². The van der Waals surface area contributed by atoms with Gasteiger partial charge in [-0.15, -0.1) is 0 Å². The molecule has 0 unspecified atom stereocenters. The monoisotopic (exact) mass is 330 g/mol. The van der Waals surface area contributed by atoms with Gasteiger partial charge in [0.1, 0.15) is 0 Å². The summed E-state index contributed by atoms with van der Waals surface area (Å²) >= 11 is 0. The van der Waals surface area contributed by atoms with Gasteiger partial charge in [-0.3, -0.25) is 4.79 Å². The van der Waals surface area contributed by atoms with Crippen LogP contribution >= 0.6 is 0 Å². The van der Waals surface area contributed by atoms with Crippen LogP contribution in [0.4, 0.5) is 5.95 Å². The largest absolute Gasteiger partial charge is 0.481 e. The number of aliphatic carboxylic acids is 1. The van der Waals surface area contributed by atoms with Crippen molar-refractivity contribution >= 4 is 11.9 Å². The van der Waals surface area contributed by atoms with Crippen molar-refractivity contribution < 1.29 is 14.4 Å². The number of likely N-dealkylation sites (N-methyl/N-ethyl adjacent to an activating group) is 1. The minimum absolute atomic E-state index is 0.257. The third-order valence-corrected chi connectivity index (χ3v) is 4.52. The highest BCUT2D eigenvalue weighted by Crippen LogP contribution is 2.25. The molecule has 1 N–H and O–H groups in total. The molecule has 7 nitrogen and oxygen atoms in total. The molecule has 1 aromatic heterocycles. The maximum atomic E-state index is 11.5. The van der Waals surface area contributed by atoms with Crippen molar-refractivity contribution in [3.8, 4) is 11.5 Å². The van der Waals surface area contributed by atoms with E-state index >= 15 is 0 Å². The Labute approximate surface area is 140 Å². The molecule has 2 heterocycles. The van der Waals surface area contributed by atoms with Crippen molar-refractivity contribution in [2.75, 3.05) is 32.1 Å². The van der Waals surface area contributed by atoms with E-state index in [1.807, 2.05) is 49.3 Å². The number of rotatable bonds is 4. The van der Waals surface area contributed by atoms with E-state index in [0.29, 0.717) is 31.3 Å². The molecule has 1 saturated heterocycles. The maximum Gasteiger partial charge on any atom is 0.308 e. The molecule has 0 amide bonds. The Balaban J connectivity index is 1.85. The van der Waals surface area contributed by atoms with Crippen molar-refractivity contribution in [1.82, 2.24) is 15.0 Å². The third kappa shape index (κ3) is 3.56. The first kappa shape index (κ1) is 16.4. The molecule has 3 rings (SSSR count). The van der Waals surface area contributed by atoms with Gasteiger partial charge in [0.05, 0.1) is 5.92 Å². The van der Waals surface area contributed by atoms with Crippen LogP contribution in [0.25, 0.3) is 11.5 Å². The molecule has 0 aliphatic carbocycles. The summed E-state index contributed by atoms with van der Waals surface area (Å²) in [5.74, 6) is -0.295. The maximum absolute atomic E-state index is 11.5. The van der Waals surface area contributed by atoms with Crippen LogP contribution in [-0.2, 0) is 4.79 Å². The smallest absolute Gasteiger partial charge is 0.308 e. The van der Waals surface area contributed by atoms with Gasteiger partial charge in [-0.25, -0.2) is 0 Å². The minimum Gasteiger partial charge on any atom is -0.481 e. The van der Waals surface area contributed by atoms with Crippen LogP contribution in [0, 0.1) is 5.92 Å². The molecule has 0 saturated carbocycles. The fourth-order valence-corrected chi connectivity index (χ4v) is 3.00. The van der Waals surface area contributed by atoms with Crippen LogP contribution in [0.1, 0.15) is 12.8 Å². The fourth-order valence-electron chi connectivity index (χ4n) is 3.00. The van der Waals surface area contributed by atoms with E-state index < -0.39 is 11.9 Å². The second kappa shape index (κ2) is 7.00. The van der Waals surface area contributed by atoms with Crippen LogP contribution in [0.2, 0.25) is 0 Å². The first-order valence-electron chi connectivity index (χ1n) is 8.08. The summed E-state index contributed by atoms with van der Waals surface area (Å²) < 4.78 is 5.37. The van der Waals surface area contributed by atoms with Gasteiger partial charge >= 0.3 is 5.97 Å². The number of carboxylic acid groups (broad SMARTS) is 1. The van der Waals surface area contributed by atoms with E-state index in [2.05, 4.69) is 15.0 Å². The lowest BCUT2D eigenvalue weighted by Crippen LogP contribution is -2.40. The van der Waals surface area contributed by atoms with Gasteiger partial charge in [0, 0.05) is 24.7 Å². The first-order valence-corrected chi connectivity index (χ1v) is 8.08. The zero-order valence-electron chi connectivity index (χ0n) is 13.9. The average molecular weight is 330 g/mol. The van der Waals surface area contributed by atoms with E-state index in [4.69, 9.17) is 4.52 Å². The zero-order chi connectivity index (χ0) is 17.1. The molecule has 1 fully saturated rings. The van der Waals surface area contributed by atoms with Crippen molar-refractivity contribution in [2.24, 2.45) is 5.92 Å². The summed E-state index contributed by atoms with van der Waals surface area (Å²) in [4.78, 5) is 20.0. The van der Waals surface area contributed by atoms with Crippen LogP contribution in [0.5, 0.6) is 0 Å². The molecule has 1 aliphatic heterocycles. The highest BCUT2D eigenvalue weighted by molar-refractivity contribution is 5.71. The summed E-state index contributed by atoms with van der Waals surface area (Å²) in [6.45, 7) is 1.08. The van der Waals surface area contributed by atoms with Gasteiger partial charge in [-0.05, 0) is 44.2 Å². The molecule has 1 aromatic carbocycles. The van der Waals surface area contributed by atoms with Crippen molar-refractivity contribution in [3.63, 3.8) is 0 Å². The Kier molecular flexibility index (Phi) is 4.80. The molecule has 0 radical (unpaired) electrons. The average Bonchev–Trinajstić information content (AvgIpc) is 2.94. The number of carbonyl (C=O) groups is 1. The number of aromatic nitrogens is 2. The van der Waals surface area contributed by atoms with E-state index in [9.17, 15) is 9.90 Å². The normalized spacial score (nSPS) is 21.7. The summed E-state index contributed by atoms with van der Waals surface area (Å²) in [5.41, 5.74) is 0.852. The highest BCUT2D eigenvalue weighted by atomic mass is 16.5. The van der Waals surface area contributed by atoms with Crippen molar-refractivity contribution in [2.45, 2.75) is 18.9 Å². The van der Waals surface area contributed by atoms with Gasteiger partial charge < -0.3 is 19.4 Å². The molecule has 128 valence electrons. The van der Waals surface area contributed by atoms with Gasteiger partial charge in [0.25, 0.3) is 11.8 Å². The quantitative estimate of drug-likeness (QED) is 0.917. The molecule has 2 aromatic rings. The van der Waals surface area contributed by atoms with Crippen LogP contribution in [0.3, 0.4) is 0 Å². The third-order valence-electron chi connectivity index (χ3n) is 4.52. The lowest BCUT2D eigenvalue weighted by molar-refractivity contribution is -0.141. The first-order chi connectivity index (χ1) is 11.5. The van der Waals surface area contributed by atoms with Gasteiger partial charge in [0.2, 0.25) is 0 Å². The summed E-state index contributed by atoms with van der Waals surface area (Å²) in [7, 11) is 4.02. The summed E-state index contributed by atoms with van der Waals surface area (Å²) in [6.07, 6.45) is 1.49. The number of hydrogen-bond acceptors (Lipinski definition) is 6. The number of nitrogens with zero attached hydrogens (tertiary/aromatic N) is 4. The van der Waals surface area contributed by atoms with E-state index in [1.54, 1.807) is 0 Å². The predicted octanol–water partition coefficient (Wildman–Crippen LogP) is 1.97. The van der Waals surface area contributed by atoms with E-state index in [1.165, 1.54) is 0 Å². The second-order valence-electron chi connectivity index (χ2n) is 6.40. The molecule has 2 atom stereocenters. The Morgan fingerprint density at radius 2 is 2.00 bits per heavy atom. The number of anilines is 1. The van der Waals surface area contributed by atoms with E-state index in [0.717, 1.165) is 12.0 Å². The van der Waals surface area contributed by atoms with Crippen LogP contribution in [0.15, 0.2) is 34.9 Å². The zero-order valence-corrected chi connectivity index (χ0v) is 13.9. The standard InChI is InChI=1S/C17H22N4O3/c1-20(2)14-9-8-13(16(22)23)10-21(11-14)17-18-15(24-19-17)12-6-4-3-5-7-12/h3-7,13-14H,8-11H2,1-2H3,(H,22,23)/t13-,14+/m0/s1. The number of benzene rings is 1. The highest BCUT2D eigenvalue weighted by Gasteiger charge is 2.31. The molecule has 24 heavy (non-hydrogen) atoms. The van der Waals surface area contributed by atoms with Crippen molar-refractivity contribution in [3.05, 3.63) is 30.3 Å². The molecule has 7 heteroatoms. The van der Waals surface area contributed by atoms with Crippen molar-refractivity contribution in [1.29, 1.82) is 0 Å². The summed E-state index contributed by atoms with van der Waals surface area (Å²) in [5, 5.41) is 13.5. The van der Waals surface area contributed by atoms with Gasteiger partial charge in [-0.2, -0.15) is 4.98 Å². The Hall–Kier alpha value is -2.41. The fraction of sp³-hybridized carbons (Fsp3) is 0.471. The molecular formula is C17H22N4O3.